The molecule has 8 nitrogen and oxygen atoms in total. The van der Waals surface area contributed by atoms with Crippen molar-refractivity contribution in [3.63, 3.8) is 0 Å². The molecule has 1 amide bonds. The Kier molecular flexibility index (Phi) is 3.89. The van der Waals surface area contributed by atoms with Gasteiger partial charge in [0.15, 0.2) is 11.5 Å². The molecule has 0 radical (unpaired) electrons. The molecule has 1 saturated heterocycles. The van der Waals surface area contributed by atoms with Crippen molar-refractivity contribution < 1.29 is 4.79 Å². The fourth-order valence-corrected chi connectivity index (χ4v) is 3.09. The van der Waals surface area contributed by atoms with Gasteiger partial charge >= 0.3 is 0 Å². The van der Waals surface area contributed by atoms with E-state index in [9.17, 15) is 4.79 Å². The van der Waals surface area contributed by atoms with E-state index in [-0.39, 0.29) is 11.9 Å². The molecular weight excluding hydrogens is 342 g/mol. The smallest absolute Gasteiger partial charge is 0.253 e. The van der Waals surface area contributed by atoms with Crippen LogP contribution in [0.5, 0.6) is 0 Å². The molecule has 0 spiro atoms. The van der Waals surface area contributed by atoms with E-state index in [1.54, 1.807) is 30.6 Å². The summed E-state index contributed by atoms with van der Waals surface area (Å²) in [6.07, 6.45) is 1.57. The van der Waals surface area contributed by atoms with Gasteiger partial charge in [0.05, 0.1) is 6.33 Å². The van der Waals surface area contributed by atoms with Gasteiger partial charge < -0.3 is 20.5 Å². The lowest BCUT2D eigenvalue weighted by atomic mass is 10.2. The Morgan fingerprint density at radius 1 is 1.12 bits per heavy atom. The molecular formula is C16H16ClN7O. The lowest BCUT2D eigenvalue weighted by molar-refractivity contribution is 0.0746. The molecule has 4 rings (SSSR count). The maximum Gasteiger partial charge on any atom is 0.253 e. The van der Waals surface area contributed by atoms with E-state index in [1.807, 2.05) is 4.90 Å². The number of benzene rings is 1. The Labute approximate surface area is 148 Å². The Hall–Kier alpha value is -2.87. The molecule has 25 heavy (non-hydrogen) atoms. The third-order valence-corrected chi connectivity index (χ3v) is 4.49. The maximum atomic E-state index is 12.6. The molecule has 1 aromatic carbocycles. The number of aromatic nitrogens is 4. The summed E-state index contributed by atoms with van der Waals surface area (Å²) in [5.41, 5.74) is 7.72. The summed E-state index contributed by atoms with van der Waals surface area (Å²) >= 11 is 5.88. The second-order valence-electron chi connectivity index (χ2n) is 5.79. The summed E-state index contributed by atoms with van der Waals surface area (Å²) in [5.74, 6) is 0.915. The van der Waals surface area contributed by atoms with Gasteiger partial charge in [0, 0.05) is 36.8 Å². The average Bonchev–Trinajstić information content (AvgIpc) is 3.09. The number of fused-ring (bicyclic) bond motifs is 1. The first-order chi connectivity index (χ1) is 12.1. The second-order valence-corrected chi connectivity index (χ2v) is 6.23. The number of aromatic amines is 1. The van der Waals surface area contributed by atoms with Crippen molar-refractivity contribution in [2.75, 3.05) is 36.8 Å². The molecule has 9 heteroatoms. The van der Waals surface area contributed by atoms with Crippen molar-refractivity contribution in [1.82, 2.24) is 24.8 Å². The number of nitrogens with zero attached hydrogens (tertiary/aromatic N) is 5. The molecule has 3 aromatic rings. The third-order valence-electron chi connectivity index (χ3n) is 4.24. The van der Waals surface area contributed by atoms with Crippen molar-refractivity contribution in [1.29, 1.82) is 0 Å². The number of H-pyrrole nitrogens is 1. The van der Waals surface area contributed by atoms with Crippen LogP contribution in [0.25, 0.3) is 11.2 Å². The Morgan fingerprint density at radius 2 is 1.84 bits per heavy atom. The van der Waals surface area contributed by atoms with Crippen LogP contribution in [0, 0.1) is 0 Å². The topological polar surface area (TPSA) is 104 Å². The minimum atomic E-state index is 0.00482. The number of piperazine rings is 1. The summed E-state index contributed by atoms with van der Waals surface area (Å²) in [7, 11) is 0. The highest BCUT2D eigenvalue weighted by Crippen LogP contribution is 2.23. The molecule has 1 fully saturated rings. The molecule has 2 aromatic heterocycles. The fraction of sp³-hybridized carbons (Fsp3) is 0.250. The molecule has 0 unspecified atom stereocenters. The van der Waals surface area contributed by atoms with E-state index in [0.29, 0.717) is 42.4 Å². The quantitative estimate of drug-likeness (QED) is 0.721. The summed E-state index contributed by atoms with van der Waals surface area (Å²) in [5, 5.41) is 0.617. The van der Waals surface area contributed by atoms with Gasteiger partial charge in [-0.25, -0.2) is 4.98 Å². The number of imidazole rings is 1. The first-order valence-electron chi connectivity index (χ1n) is 7.88. The van der Waals surface area contributed by atoms with Crippen LogP contribution >= 0.6 is 11.6 Å². The predicted molar refractivity (Wildman–Crippen MR) is 95.7 cm³/mol. The lowest BCUT2D eigenvalue weighted by Crippen LogP contribution is -2.49. The van der Waals surface area contributed by atoms with Crippen LogP contribution in [0.2, 0.25) is 5.02 Å². The highest BCUT2D eigenvalue weighted by Gasteiger charge is 2.24. The van der Waals surface area contributed by atoms with Crippen molar-refractivity contribution in [2.45, 2.75) is 0 Å². The Morgan fingerprint density at radius 3 is 2.56 bits per heavy atom. The Bertz CT molecular complexity index is 916. The highest BCUT2D eigenvalue weighted by molar-refractivity contribution is 6.30. The van der Waals surface area contributed by atoms with Gasteiger partial charge in [-0.3, -0.25) is 4.79 Å². The zero-order valence-electron chi connectivity index (χ0n) is 13.3. The van der Waals surface area contributed by atoms with Crippen molar-refractivity contribution >= 4 is 40.4 Å². The van der Waals surface area contributed by atoms with Crippen LogP contribution in [0.3, 0.4) is 0 Å². The van der Waals surface area contributed by atoms with E-state index < -0.39 is 0 Å². The first-order valence-corrected chi connectivity index (χ1v) is 8.26. The summed E-state index contributed by atoms with van der Waals surface area (Å²) in [6, 6.07) is 6.94. The number of hydrogen-bond acceptors (Lipinski definition) is 6. The maximum absolute atomic E-state index is 12.6. The lowest BCUT2D eigenvalue weighted by Gasteiger charge is -2.35. The van der Waals surface area contributed by atoms with Gasteiger partial charge in [0.2, 0.25) is 5.95 Å². The average molecular weight is 358 g/mol. The Balaban J connectivity index is 1.50. The number of rotatable bonds is 2. The molecule has 3 N–H and O–H groups in total. The number of nitrogens with two attached hydrogens (primary N) is 1. The van der Waals surface area contributed by atoms with E-state index in [0.717, 1.165) is 11.3 Å². The van der Waals surface area contributed by atoms with Crippen LogP contribution in [0.1, 0.15) is 10.4 Å². The molecule has 0 saturated carbocycles. The summed E-state index contributed by atoms with van der Waals surface area (Å²) < 4.78 is 0. The normalized spacial score (nSPS) is 14.9. The van der Waals surface area contributed by atoms with Gasteiger partial charge in [0.1, 0.15) is 5.52 Å². The van der Waals surface area contributed by atoms with E-state index in [2.05, 4.69) is 24.8 Å². The zero-order chi connectivity index (χ0) is 17.4. The summed E-state index contributed by atoms with van der Waals surface area (Å²) in [6.45, 7) is 2.51. The number of halogens is 1. The number of anilines is 2. The first kappa shape index (κ1) is 15.6. The van der Waals surface area contributed by atoms with Crippen LogP contribution in [0.4, 0.5) is 11.8 Å². The largest absolute Gasteiger partial charge is 0.368 e. The van der Waals surface area contributed by atoms with E-state index in [1.165, 1.54) is 0 Å². The third kappa shape index (κ3) is 2.96. The van der Waals surface area contributed by atoms with Crippen molar-refractivity contribution in [2.24, 2.45) is 0 Å². The molecule has 1 aliphatic rings. The molecule has 1 aliphatic heterocycles. The van der Waals surface area contributed by atoms with Crippen molar-refractivity contribution in [3.05, 3.63) is 41.2 Å². The molecule has 128 valence electrons. The standard InChI is InChI=1S/C16H16ClN7O/c17-11-3-1-10(2-4-11)15(25)24-7-5-23(6-8-24)14-12-13(20-9-19-12)21-16(18)22-14/h1-4,9H,5-8H2,(H3,18,19,20,21,22). The molecule has 0 atom stereocenters. The van der Waals surface area contributed by atoms with Gasteiger partial charge in [-0.05, 0) is 24.3 Å². The van der Waals surface area contributed by atoms with Crippen LogP contribution < -0.4 is 10.6 Å². The number of nitrogen functional groups attached to an aromatic ring is 1. The number of hydrogen-bond donors (Lipinski definition) is 2. The number of carbonyl (C=O) groups is 1. The van der Waals surface area contributed by atoms with E-state index >= 15 is 0 Å². The number of carbonyl (C=O) groups excluding carboxylic acids is 1. The van der Waals surface area contributed by atoms with Crippen LogP contribution in [-0.4, -0.2) is 56.9 Å². The molecule has 3 heterocycles. The molecule has 0 bridgehead atoms. The van der Waals surface area contributed by atoms with Gasteiger partial charge in [-0.15, -0.1) is 0 Å². The number of amides is 1. The van der Waals surface area contributed by atoms with Crippen LogP contribution in [0.15, 0.2) is 30.6 Å². The SMILES string of the molecule is Nc1nc(N2CCN(C(=O)c3ccc(Cl)cc3)CC2)c2[nH]cnc2n1. The van der Waals surface area contributed by atoms with Gasteiger partial charge in [-0.2, -0.15) is 9.97 Å². The van der Waals surface area contributed by atoms with Gasteiger partial charge in [-0.1, -0.05) is 11.6 Å². The monoisotopic (exact) mass is 357 g/mol. The zero-order valence-corrected chi connectivity index (χ0v) is 14.1. The minimum Gasteiger partial charge on any atom is -0.368 e. The van der Waals surface area contributed by atoms with Crippen molar-refractivity contribution in [3.8, 4) is 0 Å². The van der Waals surface area contributed by atoms with Crippen LogP contribution in [-0.2, 0) is 0 Å². The van der Waals surface area contributed by atoms with E-state index in [4.69, 9.17) is 17.3 Å². The number of nitrogens with one attached hydrogen (secondary N) is 1. The highest BCUT2D eigenvalue weighted by atomic mass is 35.5. The minimum absolute atomic E-state index is 0.00482. The summed E-state index contributed by atoms with van der Waals surface area (Å²) in [4.78, 5) is 32.1. The fourth-order valence-electron chi connectivity index (χ4n) is 2.96. The predicted octanol–water partition coefficient (Wildman–Crippen LogP) is 1.55. The van der Waals surface area contributed by atoms with Gasteiger partial charge in [0.25, 0.3) is 5.91 Å². The second kappa shape index (κ2) is 6.21. The molecule has 0 aliphatic carbocycles.